The van der Waals surface area contributed by atoms with E-state index in [0.29, 0.717) is 24.0 Å². The van der Waals surface area contributed by atoms with Crippen LogP contribution in [0.2, 0.25) is 0 Å². The number of carbonyl (C=O) groups is 4. The van der Waals surface area contributed by atoms with Crippen molar-refractivity contribution in [2.24, 2.45) is 0 Å². The van der Waals surface area contributed by atoms with E-state index in [1.165, 1.54) is 0 Å². The highest BCUT2D eigenvalue weighted by Crippen LogP contribution is 2.27. The Balaban J connectivity index is 1.96. The van der Waals surface area contributed by atoms with Gasteiger partial charge < -0.3 is 0 Å². The molecule has 2 aliphatic heterocycles. The topological polar surface area (TPSA) is 83.6 Å². The number of rotatable bonds is 1. The average Bonchev–Trinajstić information content (AvgIpc) is 2.57. The lowest BCUT2D eigenvalue weighted by atomic mass is 10.1. The van der Waals surface area contributed by atoms with Crippen LogP contribution < -0.4 is 5.32 Å². The summed E-state index contributed by atoms with van der Waals surface area (Å²) in [6.07, 6.45) is 1.00. The molecule has 2 aliphatic rings. The van der Waals surface area contributed by atoms with Crippen molar-refractivity contribution in [2.75, 3.05) is 0 Å². The SMILES string of the molecule is O=C1CCC[C@H](N2C(=O)c3ccccc3C2=O)C(=O)N1. The van der Waals surface area contributed by atoms with Gasteiger partial charge in [-0.05, 0) is 25.0 Å². The molecule has 2 heterocycles. The number of hydrogen-bond donors (Lipinski definition) is 1. The van der Waals surface area contributed by atoms with E-state index in [0.717, 1.165) is 4.90 Å². The minimum atomic E-state index is -0.908. The van der Waals surface area contributed by atoms with Gasteiger partial charge in [0.05, 0.1) is 11.1 Å². The Kier molecular flexibility index (Phi) is 2.85. The van der Waals surface area contributed by atoms with Crippen LogP contribution in [0.1, 0.15) is 40.0 Å². The molecule has 0 unspecified atom stereocenters. The molecule has 20 heavy (non-hydrogen) atoms. The Bertz CT molecular complexity index is 603. The molecule has 0 bridgehead atoms. The van der Waals surface area contributed by atoms with Gasteiger partial charge in [0.1, 0.15) is 6.04 Å². The van der Waals surface area contributed by atoms with Crippen molar-refractivity contribution in [1.29, 1.82) is 0 Å². The maximum Gasteiger partial charge on any atom is 0.262 e. The van der Waals surface area contributed by atoms with Gasteiger partial charge in [0, 0.05) is 6.42 Å². The van der Waals surface area contributed by atoms with Crippen molar-refractivity contribution < 1.29 is 19.2 Å². The number of imide groups is 2. The van der Waals surface area contributed by atoms with E-state index in [1.807, 2.05) is 0 Å². The summed E-state index contributed by atoms with van der Waals surface area (Å²) in [5.74, 6) is -1.89. The molecule has 1 N–H and O–H groups in total. The molecule has 0 spiro atoms. The zero-order valence-electron chi connectivity index (χ0n) is 10.6. The fourth-order valence-electron chi connectivity index (χ4n) is 2.61. The molecule has 0 radical (unpaired) electrons. The van der Waals surface area contributed by atoms with E-state index in [9.17, 15) is 19.2 Å². The third-order valence-corrected chi connectivity index (χ3v) is 3.58. The van der Waals surface area contributed by atoms with Crippen LogP contribution in [0.15, 0.2) is 24.3 Å². The van der Waals surface area contributed by atoms with Crippen LogP contribution >= 0.6 is 0 Å². The minimum Gasteiger partial charge on any atom is -0.295 e. The lowest BCUT2D eigenvalue weighted by Gasteiger charge is -2.22. The van der Waals surface area contributed by atoms with Crippen molar-refractivity contribution in [1.82, 2.24) is 10.2 Å². The zero-order chi connectivity index (χ0) is 14.3. The van der Waals surface area contributed by atoms with Gasteiger partial charge in [0.15, 0.2) is 0 Å². The molecule has 0 saturated carbocycles. The molecule has 0 aliphatic carbocycles. The fourth-order valence-corrected chi connectivity index (χ4v) is 2.61. The number of nitrogens with zero attached hydrogens (tertiary/aromatic N) is 1. The van der Waals surface area contributed by atoms with Crippen LogP contribution in [-0.2, 0) is 9.59 Å². The van der Waals surface area contributed by atoms with Gasteiger partial charge in [-0.1, -0.05) is 12.1 Å². The third kappa shape index (κ3) is 1.80. The van der Waals surface area contributed by atoms with E-state index in [1.54, 1.807) is 24.3 Å². The summed E-state index contributed by atoms with van der Waals surface area (Å²) >= 11 is 0. The smallest absolute Gasteiger partial charge is 0.262 e. The standard InChI is InChI=1S/C14H12N2O4/c17-11-7-3-6-10(12(18)15-11)16-13(19)8-4-1-2-5-9(8)14(16)20/h1-2,4-5,10H,3,6-7H2,(H,15,17,18)/t10-/m0/s1. The Morgan fingerprint density at radius 2 is 1.60 bits per heavy atom. The van der Waals surface area contributed by atoms with Gasteiger partial charge in [-0.2, -0.15) is 0 Å². The van der Waals surface area contributed by atoms with Crippen molar-refractivity contribution in [3.8, 4) is 0 Å². The van der Waals surface area contributed by atoms with Crippen molar-refractivity contribution >= 4 is 23.6 Å². The number of nitrogens with one attached hydrogen (secondary N) is 1. The second-order valence-electron chi connectivity index (χ2n) is 4.85. The largest absolute Gasteiger partial charge is 0.295 e. The molecule has 1 fully saturated rings. The molecule has 102 valence electrons. The highest BCUT2D eigenvalue weighted by atomic mass is 16.2. The normalized spacial score (nSPS) is 22.6. The van der Waals surface area contributed by atoms with Gasteiger partial charge in [-0.15, -0.1) is 0 Å². The van der Waals surface area contributed by atoms with Gasteiger partial charge >= 0.3 is 0 Å². The Hall–Kier alpha value is -2.50. The lowest BCUT2D eigenvalue weighted by molar-refractivity contribution is -0.131. The predicted molar refractivity (Wildman–Crippen MR) is 67.7 cm³/mol. The van der Waals surface area contributed by atoms with Crippen LogP contribution in [-0.4, -0.2) is 34.6 Å². The van der Waals surface area contributed by atoms with Crippen LogP contribution in [0, 0.1) is 0 Å². The third-order valence-electron chi connectivity index (χ3n) is 3.58. The Morgan fingerprint density at radius 1 is 1.00 bits per heavy atom. The van der Waals surface area contributed by atoms with Crippen LogP contribution in [0.4, 0.5) is 0 Å². The molecule has 4 amide bonds. The van der Waals surface area contributed by atoms with E-state index in [-0.39, 0.29) is 12.3 Å². The summed E-state index contributed by atoms with van der Waals surface area (Å²) in [6.45, 7) is 0. The number of amides is 4. The summed E-state index contributed by atoms with van der Waals surface area (Å²) < 4.78 is 0. The Labute approximate surface area is 114 Å². The first-order valence-corrected chi connectivity index (χ1v) is 6.40. The molecule has 6 nitrogen and oxygen atoms in total. The molecule has 1 saturated heterocycles. The second kappa shape index (κ2) is 4.56. The van der Waals surface area contributed by atoms with Crippen LogP contribution in [0.25, 0.3) is 0 Å². The first-order valence-electron chi connectivity index (χ1n) is 6.40. The summed E-state index contributed by atoms with van der Waals surface area (Å²) in [5, 5.41) is 2.21. The van der Waals surface area contributed by atoms with Crippen molar-refractivity contribution in [3.63, 3.8) is 0 Å². The molecule has 1 atom stereocenters. The number of fused-ring (bicyclic) bond motifs is 1. The van der Waals surface area contributed by atoms with E-state index < -0.39 is 23.8 Å². The van der Waals surface area contributed by atoms with Gasteiger partial charge in [-0.3, -0.25) is 29.4 Å². The van der Waals surface area contributed by atoms with Crippen molar-refractivity contribution in [2.45, 2.75) is 25.3 Å². The quantitative estimate of drug-likeness (QED) is 0.754. The van der Waals surface area contributed by atoms with Gasteiger partial charge in [-0.25, -0.2) is 0 Å². The van der Waals surface area contributed by atoms with Gasteiger partial charge in [0.25, 0.3) is 11.8 Å². The number of benzene rings is 1. The molecule has 1 aromatic carbocycles. The molecule has 3 rings (SSSR count). The zero-order valence-corrected chi connectivity index (χ0v) is 10.6. The van der Waals surface area contributed by atoms with E-state index in [2.05, 4.69) is 5.32 Å². The summed E-state index contributed by atoms with van der Waals surface area (Å²) in [6, 6.07) is 5.56. The van der Waals surface area contributed by atoms with E-state index in [4.69, 9.17) is 0 Å². The fraction of sp³-hybridized carbons (Fsp3) is 0.286. The first kappa shape index (κ1) is 12.5. The highest BCUT2D eigenvalue weighted by molar-refractivity contribution is 6.23. The Morgan fingerprint density at radius 3 is 2.20 bits per heavy atom. The molecular weight excluding hydrogens is 260 g/mol. The minimum absolute atomic E-state index is 0.228. The number of carbonyl (C=O) groups excluding carboxylic acids is 4. The predicted octanol–water partition coefficient (Wildman–Crippen LogP) is 0.478. The number of hydrogen-bond acceptors (Lipinski definition) is 4. The molecule has 1 aromatic rings. The first-order chi connectivity index (χ1) is 9.59. The maximum absolute atomic E-state index is 12.3. The summed E-state index contributed by atoms with van der Waals surface area (Å²) in [7, 11) is 0. The van der Waals surface area contributed by atoms with Crippen LogP contribution in [0.3, 0.4) is 0 Å². The average molecular weight is 272 g/mol. The molecule has 6 heteroatoms. The molecular formula is C14H12N2O4. The lowest BCUT2D eigenvalue weighted by Crippen LogP contribution is -2.49. The van der Waals surface area contributed by atoms with Crippen molar-refractivity contribution in [3.05, 3.63) is 35.4 Å². The maximum atomic E-state index is 12.3. The van der Waals surface area contributed by atoms with E-state index >= 15 is 0 Å². The monoisotopic (exact) mass is 272 g/mol. The molecule has 0 aromatic heterocycles. The highest BCUT2D eigenvalue weighted by Gasteiger charge is 2.43. The van der Waals surface area contributed by atoms with Gasteiger partial charge in [0.2, 0.25) is 11.8 Å². The summed E-state index contributed by atoms with van der Waals surface area (Å²) in [5.41, 5.74) is 0.613. The summed E-state index contributed by atoms with van der Waals surface area (Å²) in [4.78, 5) is 48.8. The second-order valence-corrected chi connectivity index (χ2v) is 4.85. The van der Waals surface area contributed by atoms with Crippen LogP contribution in [0.5, 0.6) is 0 Å².